The van der Waals surface area contributed by atoms with Crippen LogP contribution in [0.4, 0.5) is 0 Å². The summed E-state index contributed by atoms with van der Waals surface area (Å²) in [7, 11) is 1.99. The van der Waals surface area contributed by atoms with Gasteiger partial charge in [0, 0.05) is 51.0 Å². The predicted octanol–water partition coefficient (Wildman–Crippen LogP) is 2.61. The van der Waals surface area contributed by atoms with E-state index in [1.807, 2.05) is 16.6 Å². The molecule has 1 aliphatic carbocycles. The maximum absolute atomic E-state index is 12.8. The molecule has 1 aromatic rings. The Balaban J connectivity index is 0.00000225. The number of halogens is 3. The van der Waals surface area contributed by atoms with Gasteiger partial charge in [-0.3, -0.25) is 14.4 Å². The largest absolute Gasteiger partial charge is 0.339 e. The Kier molecular flexibility index (Phi) is 10.6. The quantitative estimate of drug-likeness (QED) is 0.781. The van der Waals surface area contributed by atoms with Gasteiger partial charge in [0.25, 0.3) is 0 Å². The number of aryl methyl sites for hydroxylation is 2. The van der Waals surface area contributed by atoms with Gasteiger partial charge in [-0.1, -0.05) is 19.3 Å². The minimum atomic E-state index is -0.600. The molecule has 0 spiro atoms. The smallest absolute Gasteiger partial charge is 0.242 e. The minimum absolute atomic E-state index is 0. The van der Waals surface area contributed by atoms with Crippen molar-refractivity contribution in [2.45, 2.75) is 58.0 Å². The lowest BCUT2D eigenvalue weighted by Gasteiger charge is -2.41. The number of piperazine rings is 1. The average molecular weight is 443 g/mol. The van der Waals surface area contributed by atoms with Gasteiger partial charge in [-0.05, 0) is 26.7 Å². The number of aromatic nitrogens is 2. The van der Waals surface area contributed by atoms with Crippen molar-refractivity contribution >= 4 is 43.1 Å². The van der Waals surface area contributed by atoms with E-state index < -0.39 is 5.54 Å². The van der Waals surface area contributed by atoms with E-state index in [0.717, 1.165) is 64.1 Å². The zero-order chi connectivity index (χ0) is 17.3. The number of carbonyl (C=O) groups is 1. The van der Waals surface area contributed by atoms with Gasteiger partial charge < -0.3 is 10.6 Å². The molecule has 2 N–H and O–H groups in total. The van der Waals surface area contributed by atoms with Gasteiger partial charge >= 0.3 is 0 Å². The van der Waals surface area contributed by atoms with Crippen LogP contribution >= 0.6 is 37.2 Å². The normalized spacial score (nSPS) is 19.5. The fraction of sp³-hybridized carbons (Fsp3) is 0.778. The molecule has 2 heterocycles. The molecule has 6 nitrogen and oxygen atoms in total. The third-order valence-corrected chi connectivity index (χ3v) is 5.87. The molecule has 1 aromatic heterocycles. The second kappa shape index (κ2) is 10.9. The van der Waals surface area contributed by atoms with E-state index in [4.69, 9.17) is 5.73 Å². The number of nitrogens with zero attached hydrogens (tertiary/aromatic N) is 4. The topological polar surface area (TPSA) is 67.4 Å². The third kappa shape index (κ3) is 5.73. The third-order valence-electron chi connectivity index (χ3n) is 5.87. The van der Waals surface area contributed by atoms with Crippen LogP contribution in [0.3, 0.4) is 0 Å². The first-order valence-corrected chi connectivity index (χ1v) is 9.20. The van der Waals surface area contributed by atoms with Crippen LogP contribution in [0.15, 0.2) is 0 Å². The van der Waals surface area contributed by atoms with Gasteiger partial charge in [-0.25, -0.2) is 0 Å². The van der Waals surface area contributed by atoms with Crippen molar-refractivity contribution in [1.82, 2.24) is 19.6 Å². The first kappa shape index (κ1) is 26.5. The number of amides is 1. The summed E-state index contributed by atoms with van der Waals surface area (Å²) in [5, 5.41) is 4.50. The summed E-state index contributed by atoms with van der Waals surface area (Å²) in [5.41, 5.74) is 9.48. The van der Waals surface area contributed by atoms with Crippen molar-refractivity contribution in [3.63, 3.8) is 0 Å². The van der Waals surface area contributed by atoms with Crippen LogP contribution in [0.5, 0.6) is 0 Å². The van der Waals surface area contributed by atoms with Crippen LogP contribution in [0.2, 0.25) is 0 Å². The molecule has 0 atom stereocenters. The highest BCUT2D eigenvalue weighted by Gasteiger charge is 2.39. The van der Waals surface area contributed by atoms with E-state index in [1.54, 1.807) is 0 Å². The molecular formula is C18H34Cl3N5O. The molecule has 0 bridgehead atoms. The van der Waals surface area contributed by atoms with Crippen molar-refractivity contribution in [2.75, 3.05) is 26.2 Å². The van der Waals surface area contributed by atoms with Gasteiger partial charge in [0.1, 0.15) is 0 Å². The highest BCUT2D eigenvalue weighted by molar-refractivity contribution is 5.86. The van der Waals surface area contributed by atoms with Crippen molar-refractivity contribution in [1.29, 1.82) is 0 Å². The fourth-order valence-corrected chi connectivity index (χ4v) is 4.09. The molecule has 1 amide bonds. The van der Waals surface area contributed by atoms with Crippen molar-refractivity contribution in [3.05, 3.63) is 17.0 Å². The zero-order valence-electron chi connectivity index (χ0n) is 16.6. The van der Waals surface area contributed by atoms with E-state index >= 15 is 0 Å². The number of hydrogen-bond donors (Lipinski definition) is 1. The Labute approximate surface area is 181 Å². The number of nitrogens with two attached hydrogens (primary N) is 1. The molecule has 9 heteroatoms. The Morgan fingerprint density at radius 1 is 1.04 bits per heavy atom. The summed E-state index contributed by atoms with van der Waals surface area (Å²) in [5.74, 6) is 0.176. The SMILES string of the molecule is Cc1nn(C)c(C)c1CN1CCN(C(=O)C2(N)CCCCC2)CC1.Cl.Cl.Cl. The number of carbonyl (C=O) groups excluding carboxylic acids is 1. The summed E-state index contributed by atoms with van der Waals surface area (Å²) >= 11 is 0. The maximum Gasteiger partial charge on any atom is 0.242 e. The standard InChI is InChI=1S/C18H31N5O.3ClH/c1-14-16(15(2)21(3)20-14)13-22-9-11-23(12-10-22)17(24)18(19)7-5-4-6-8-18;;;/h4-13,19H2,1-3H3;3*1H. The van der Waals surface area contributed by atoms with Crippen molar-refractivity contribution in [2.24, 2.45) is 12.8 Å². The molecule has 1 aliphatic heterocycles. The molecule has 158 valence electrons. The Bertz CT molecular complexity index is 608. The molecule has 0 unspecified atom stereocenters. The van der Waals surface area contributed by atoms with Crippen LogP contribution in [0.25, 0.3) is 0 Å². The average Bonchev–Trinajstić information content (AvgIpc) is 2.82. The van der Waals surface area contributed by atoms with Gasteiger partial charge in [-0.2, -0.15) is 5.10 Å². The highest BCUT2D eigenvalue weighted by Crippen LogP contribution is 2.28. The molecule has 3 rings (SSSR count). The lowest BCUT2D eigenvalue weighted by molar-refractivity contribution is -0.140. The van der Waals surface area contributed by atoms with Gasteiger partial charge in [0.05, 0.1) is 11.2 Å². The fourth-order valence-electron chi connectivity index (χ4n) is 4.09. The summed E-state index contributed by atoms with van der Waals surface area (Å²) in [6.07, 6.45) is 5.08. The van der Waals surface area contributed by atoms with E-state index in [2.05, 4.69) is 23.8 Å². The number of rotatable bonds is 3. The Morgan fingerprint density at radius 3 is 2.07 bits per heavy atom. The number of hydrogen-bond acceptors (Lipinski definition) is 4. The highest BCUT2D eigenvalue weighted by atomic mass is 35.5. The van der Waals surface area contributed by atoms with Gasteiger partial charge in [0.2, 0.25) is 5.91 Å². The summed E-state index contributed by atoms with van der Waals surface area (Å²) in [4.78, 5) is 17.2. The van der Waals surface area contributed by atoms with E-state index in [0.29, 0.717) is 0 Å². The summed E-state index contributed by atoms with van der Waals surface area (Å²) in [6.45, 7) is 8.51. The van der Waals surface area contributed by atoms with Crippen LogP contribution in [0.1, 0.15) is 49.1 Å². The maximum atomic E-state index is 12.8. The molecule has 27 heavy (non-hydrogen) atoms. The van der Waals surface area contributed by atoms with Crippen molar-refractivity contribution < 1.29 is 4.79 Å². The summed E-state index contributed by atoms with van der Waals surface area (Å²) < 4.78 is 1.95. The first-order chi connectivity index (χ1) is 11.4. The van der Waals surface area contributed by atoms with Gasteiger partial charge in [-0.15, -0.1) is 37.2 Å². The minimum Gasteiger partial charge on any atom is -0.339 e. The van der Waals surface area contributed by atoms with Crippen molar-refractivity contribution in [3.8, 4) is 0 Å². The van der Waals surface area contributed by atoms with Crippen LogP contribution in [-0.2, 0) is 18.4 Å². The zero-order valence-corrected chi connectivity index (χ0v) is 19.0. The Hall–Kier alpha value is -0.530. The van der Waals surface area contributed by atoms with E-state index in [9.17, 15) is 4.79 Å². The second-order valence-corrected chi connectivity index (χ2v) is 7.56. The molecule has 2 aliphatic rings. The molecule has 1 saturated carbocycles. The molecule has 2 fully saturated rings. The van der Waals surface area contributed by atoms with Crippen LogP contribution in [0, 0.1) is 13.8 Å². The molecule has 0 radical (unpaired) electrons. The lowest BCUT2D eigenvalue weighted by atomic mass is 9.81. The predicted molar refractivity (Wildman–Crippen MR) is 116 cm³/mol. The van der Waals surface area contributed by atoms with Gasteiger partial charge in [0.15, 0.2) is 0 Å². The second-order valence-electron chi connectivity index (χ2n) is 7.56. The monoisotopic (exact) mass is 441 g/mol. The summed E-state index contributed by atoms with van der Waals surface area (Å²) in [6, 6.07) is 0. The van der Waals surface area contributed by atoms with E-state index in [-0.39, 0.29) is 43.1 Å². The Morgan fingerprint density at radius 2 is 1.59 bits per heavy atom. The van der Waals surface area contributed by atoms with Crippen LogP contribution in [-0.4, -0.2) is 57.2 Å². The van der Waals surface area contributed by atoms with Crippen LogP contribution < -0.4 is 5.73 Å². The lowest BCUT2D eigenvalue weighted by Crippen LogP contribution is -2.60. The molecule has 0 aromatic carbocycles. The van der Waals surface area contributed by atoms with E-state index in [1.165, 1.54) is 17.7 Å². The molecule has 1 saturated heterocycles. The first-order valence-electron chi connectivity index (χ1n) is 9.20. The molecular weight excluding hydrogens is 409 g/mol.